The van der Waals surface area contributed by atoms with Crippen LogP contribution in [0.25, 0.3) is 0 Å². The molecule has 0 aromatic heterocycles. The molecule has 6 nitrogen and oxygen atoms in total. The van der Waals surface area contributed by atoms with Crippen LogP contribution in [0.15, 0.2) is 36.4 Å². The molecule has 176 valence electrons. The van der Waals surface area contributed by atoms with Crippen LogP contribution in [0.3, 0.4) is 0 Å². The Kier molecular flexibility index (Phi) is 6.91. The number of nitrogens with zero attached hydrogens (tertiary/aromatic N) is 1. The number of benzene rings is 1. The second kappa shape index (κ2) is 9.16. The maximum Gasteiger partial charge on any atom is 0.411 e. The number of carbonyl (C=O) groups is 2. The van der Waals surface area contributed by atoms with E-state index in [1.807, 2.05) is 56.9 Å². The van der Waals surface area contributed by atoms with E-state index < -0.39 is 5.60 Å². The standard InChI is InChI=1S/C26H37NO5/c1-15(2)19-13-21(22-14-20(16(3)4)24(28)31-22)27(25(29)32-26(5,6)7)23(19)17-9-11-18(30-8)12-10-17/h9-12,15,19-23H,3,13-14H2,1-2,4-8H3/t19-,20-,21-,22-,23-/m0/s1. The highest BCUT2D eigenvalue weighted by atomic mass is 16.6. The number of rotatable bonds is 5. The van der Waals surface area contributed by atoms with Gasteiger partial charge in [-0.2, -0.15) is 0 Å². The minimum atomic E-state index is -0.630. The molecule has 5 atom stereocenters. The molecule has 2 saturated heterocycles. The van der Waals surface area contributed by atoms with E-state index in [0.717, 1.165) is 23.3 Å². The van der Waals surface area contributed by atoms with E-state index in [1.54, 1.807) is 7.11 Å². The van der Waals surface area contributed by atoms with Gasteiger partial charge < -0.3 is 14.2 Å². The number of hydrogen-bond acceptors (Lipinski definition) is 5. The van der Waals surface area contributed by atoms with E-state index >= 15 is 0 Å². The molecule has 1 amide bonds. The zero-order valence-corrected chi connectivity index (χ0v) is 20.4. The van der Waals surface area contributed by atoms with Gasteiger partial charge in [0.25, 0.3) is 0 Å². The number of ether oxygens (including phenoxy) is 3. The Morgan fingerprint density at radius 3 is 2.28 bits per heavy atom. The van der Waals surface area contributed by atoms with Gasteiger partial charge >= 0.3 is 12.1 Å². The highest BCUT2D eigenvalue weighted by molar-refractivity contribution is 5.78. The topological polar surface area (TPSA) is 65.1 Å². The number of carbonyl (C=O) groups excluding carboxylic acids is 2. The summed E-state index contributed by atoms with van der Waals surface area (Å²) in [5, 5.41) is 0. The summed E-state index contributed by atoms with van der Waals surface area (Å²) >= 11 is 0. The summed E-state index contributed by atoms with van der Waals surface area (Å²) in [5.74, 6) is 0.718. The van der Waals surface area contributed by atoms with Gasteiger partial charge in [0.05, 0.1) is 25.1 Å². The number of hydrogen-bond donors (Lipinski definition) is 0. The van der Waals surface area contributed by atoms with Gasteiger partial charge in [-0.1, -0.05) is 38.1 Å². The minimum absolute atomic E-state index is 0.177. The first-order valence-corrected chi connectivity index (χ1v) is 11.4. The van der Waals surface area contributed by atoms with Gasteiger partial charge in [0.1, 0.15) is 17.5 Å². The summed E-state index contributed by atoms with van der Waals surface area (Å²) in [7, 11) is 1.64. The zero-order valence-electron chi connectivity index (χ0n) is 20.4. The molecule has 3 rings (SSSR count). The summed E-state index contributed by atoms with van der Waals surface area (Å²) < 4.78 is 17.0. The molecule has 2 aliphatic rings. The molecule has 2 fully saturated rings. The van der Waals surface area contributed by atoms with Crippen LogP contribution >= 0.6 is 0 Å². The van der Waals surface area contributed by atoms with E-state index in [2.05, 4.69) is 20.4 Å². The van der Waals surface area contributed by atoms with Crippen LogP contribution in [-0.2, 0) is 14.3 Å². The van der Waals surface area contributed by atoms with Gasteiger partial charge in [0, 0.05) is 6.42 Å². The molecular formula is C26H37NO5. The second-order valence-electron chi connectivity index (χ2n) is 10.4. The van der Waals surface area contributed by atoms with Gasteiger partial charge in [-0.05, 0) is 63.6 Å². The largest absolute Gasteiger partial charge is 0.497 e. The molecule has 2 aliphatic heterocycles. The van der Waals surface area contributed by atoms with Crippen molar-refractivity contribution in [3.05, 3.63) is 42.0 Å². The Labute approximate surface area is 191 Å². The van der Waals surface area contributed by atoms with Crippen molar-refractivity contribution in [3.8, 4) is 5.75 Å². The molecule has 0 bridgehead atoms. The van der Waals surface area contributed by atoms with Crippen LogP contribution in [0.2, 0.25) is 0 Å². The third kappa shape index (κ3) is 4.94. The fourth-order valence-corrected chi connectivity index (χ4v) is 4.92. The lowest BCUT2D eigenvalue weighted by Crippen LogP contribution is -2.46. The average molecular weight is 444 g/mol. The Morgan fingerprint density at radius 2 is 1.81 bits per heavy atom. The maximum atomic E-state index is 13.5. The first kappa shape index (κ1) is 24.1. The van der Waals surface area contributed by atoms with Crippen LogP contribution in [0.5, 0.6) is 5.75 Å². The Bertz CT molecular complexity index is 854. The first-order valence-electron chi connectivity index (χ1n) is 11.4. The summed E-state index contributed by atoms with van der Waals surface area (Å²) in [5.41, 5.74) is 1.19. The van der Waals surface area contributed by atoms with Crippen LogP contribution in [0.4, 0.5) is 4.79 Å². The van der Waals surface area contributed by atoms with Crippen LogP contribution in [0.1, 0.15) is 66.0 Å². The summed E-state index contributed by atoms with van der Waals surface area (Å²) in [6.07, 6.45) is 0.537. The lowest BCUT2D eigenvalue weighted by molar-refractivity contribution is -0.145. The van der Waals surface area contributed by atoms with Gasteiger partial charge in [-0.25, -0.2) is 4.79 Å². The van der Waals surface area contributed by atoms with Gasteiger partial charge in [0.2, 0.25) is 0 Å². The number of cyclic esters (lactones) is 1. The molecule has 1 aromatic rings. The molecule has 0 radical (unpaired) electrons. The van der Waals surface area contributed by atoms with Crippen molar-refractivity contribution in [2.45, 2.75) is 78.2 Å². The molecule has 0 spiro atoms. The Balaban J connectivity index is 2.02. The fourth-order valence-electron chi connectivity index (χ4n) is 4.92. The van der Waals surface area contributed by atoms with Crippen molar-refractivity contribution in [3.63, 3.8) is 0 Å². The van der Waals surface area contributed by atoms with E-state index in [1.165, 1.54) is 0 Å². The van der Waals surface area contributed by atoms with Crippen LogP contribution in [-0.4, -0.2) is 41.8 Å². The molecular weight excluding hydrogens is 406 g/mol. The van der Waals surface area contributed by atoms with E-state index in [-0.39, 0.29) is 42.1 Å². The molecule has 32 heavy (non-hydrogen) atoms. The van der Waals surface area contributed by atoms with Crippen molar-refractivity contribution in [1.82, 2.24) is 4.90 Å². The fraction of sp³-hybridized carbons (Fsp3) is 0.615. The molecule has 0 saturated carbocycles. The highest BCUT2D eigenvalue weighted by Gasteiger charge is 2.53. The van der Waals surface area contributed by atoms with Gasteiger partial charge in [-0.3, -0.25) is 9.69 Å². The third-order valence-corrected chi connectivity index (χ3v) is 6.54. The van der Waals surface area contributed by atoms with Gasteiger partial charge in [0.15, 0.2) is 0 Å². The van der Waals surface area contributed by atoms with Gasteiger partial charge in [-0.15, -0.1) is 0 Å². The number of amides is 1. The SMILES string of the molecule is C=C(C)[C@@H]1C[C@@H]([C@@H]2C[C@@H](C(C)C)[C@H](c3ccc(OC)cc3)N2C(=O)OC(C)(C)C)OC1=O. The highest BCUT2D eigenvalue weighted by Crippen LogP contribution is 2.48. The van der Waals surface area contributed by atoms with Crippen LogP contribution in [0, 0.1) is 17.8 Å². The number of esters is 1. The smallest absolute Gasteiger partial charge is 0.411 e. The molecule has 2 heterocycles. The predicted octanol–water partition coefficient (Wildman–Crippen LogP) is 5.53. The Morgan fingerprint density at radius 1 is 1.19 bits per heavy atom. The molecule has 1 aromatic carbocycles. The Hall–Kier alpha value is -2.50. The van der Waals surface area contributed by atoms with E-state index in [4.69, 9.17) is 14.2 Å². The summed E-state index contributed by atoms with van der Waals surface area (Å²) in [6, 6.07) is 7.42. The third-order valence-electron chi connectivity index (χ3n) is 6.54. The normalized spacial score (nSPS) is 28.1. The summed E-state index contributed by atoms with van der Waals surface area (Å²) in [6.45, 7) is 15.8. The van der Waals surface area contributed by atoms with E-state index in [0.29, 0.717) is 12.3 Å². The minimum Gasteiger partial charge on any atom is -0.497 e. The van der Waals surface area contributed by atoms with Crippen molar-refractivity contribution in [2.24, 2.45) is 17.8 Å². The first-order chi connectivity index (χ1) is 14.9. The number of likely N-dealkylation sites (tertiary alicyclic amines) is 1. The van der Waals surface area contributed by atoms with Crippen molar-refractivity contribution in [1.29, 1.82) is 0 Å². The maximum absolute atomic E-state index is 13.5. The second-order valence-corrected chi connectivity index (χ2v) is 10.4. The summed E-state index contributed by atoms with van der Waals surface area (Å²) in [4.78, 5) is 27.8. The van der Waals surface area contributed by atoms with Crippen LogP contribution < -0.4 is 4.74 Å². The molecule has 0 N–H and O–H groups in total. The molecule has 6 heteroatoms. The average Bonchev–Trinajstić information content (AvgIpc) is 3.28. The predicted molar refractivity (Wildman–Crippen MR) is 123 cm³/mol. The lowest BCUT2D eigenvalue weighted by atomic mass is 9.83. The molecule has 0 aliphatic carbocycles. The quantitative estimate of drug-likeness (QED) is 0.442. The lowest BCUT2D eigenvalue weighted by Gasteiger charge is -2.35. The van der Waals surface area contributed by atoms with E-state index in [9.17, 15) is 9.59 Å². The van der Waals surface area contributed by atoms with Crippen molar-refractivity contribution < 1.29 is 23.8 Å². The molecule has 0 unspecified atom stereocenters. The monoisotopic (exact) mass is 443 g/mol. The van der Waals surface area contributed by atoms with Crippen molar-refractivity contribution >= 4 is 12.1 Å². The van der Waals surface area contributed by atoms with Crippen molar-refractivity contribution in [2.75, 3.05) is 7.11 Å². The number of methoxy groups -OCH3 is 1. The zero-order chi connectivity index (χ0) is 23.8.